The highest BCUT2D eigenvalue weighted by molar-refractivity contribution is 6.30. The van der Waals surface area contributed by atoms with Gasteiger partial charge in [-0.2, -0.15) is 0 Å². The smallest absolute Gasteiger partial charge is 0.257 e. The van der Waals surface area contributed by atoms with Crippen LogP contribution in [0.1, 0.15) is 70.1 Å². The second kappa shape index (κ2) is 11.6. The Kier molecular flexibility index (Phi) is 8.35. The largest absolute Gasteiger partial charge is 0.381 e. The normalized spacial score (nSPS) is 20.5. The first-order valence-electron chi connectivity index (χ1n) is 13.5. The number of hydrogen-bond donors (Lipinski definition) is 0. The summed E-state index contributed by atoms with van der Waals surface area (Å²) in [5, 5.41) is 0.928. The van der Waals surface area contributed by atoms with Gasteiger partial charge in [0.25, 0.3) is 5.91 Å². The maximum Gasteiger partial charge on any atom is 0.257 e. The Morgan fingerprint density at radius 2 is 1.61 bits per heavy atom. The third kappa shape index (κ3) is 5.10. The fraction of sp³-hybridized carbons (Fsp3) is 0.344. The van der Waals surface area contributed by atoms with Crippen LogP contribution in [0.25, 0.3) is 0 Å². The van der Waals surface area contributed by atoms with Crippen LogP contribution in [0.5, 0.6) is 0 Å². The molecule has 2 heterocycles. The number of ketones is 2. The van der Waals surface area contributed by atoms with Crippen LogP contribution < -0.4 is 0 Å². The number of benzene rings is 3. The Labute approximate surface area is 248 Å². The van der Waals surface area contributed by atoms with Crippen LogP contribution in [0.3, 0.4) is 0 Å². The van der Waals surface area contributed by atoms with Gasteiger partial charge in [-0.05, 0) is 61.7 Å². The number of rotatable bonds is 8. The van der Waals surface area contributed by atoms with Gasteiger partial charge >= 0.3 is 0 Å². The average molecular weight is 598 g/mol. The maximum absolute atomic E-state index is 16.4. The summed E-state index contributed by atoms with van der Waals surface area (Å²) in [5.74, 6) is -2.76. The molecule has 0 aliphatic carbocycles. The summed E-state index contributed by atoms with van der Waals surface area (Å²) in [4.78, 5) is 42.2. The Bertz CT molecular complexity index is 1490. The molecule has 0 N–H and O–H groups in total. The molecule has 2 aliphatic rings. The molecule has 5 rings (SSSR count). The van der Waals surface area contributed by atoms with Crippen molar-refractivity contribution in [1.82, 2.24) is 4.90 Å². The summed E-state index contributed by atoms with van der Waals surface area (Å²) in [6.07, 6.45) is 1.05. The molecule has 6 nitrogen and oxygen atoms in total. The summed E-state index contributed by atoms with van der Waals surface area (Å²) in [5.41, 5.74) is -0.610. The van der Waals surface area contributed by atoms with Crippen molar-refractivity contribution in [2.75, 3.05) is 20.3 Å². The van der Waals surface area contributed by atoms with Crippen LogP contribution in [0, 0.1) is 17.7 Å². The molecule has 0 radical (unpaired) electrons. The summed E-state index contributed by atoms with van der Waals surface area (Å²) < 4.78 is 28.0. The van der Waals surface area contributed by atoms with Gasteiger partial charge < -0.3 is 9.47 Å². The molecule has 3 aromatic carbocycles. The molecule has 0 saturated carbocycles. The minimum Gasteiger partial charge on any atom is -0.381 e. The van der Waals surface area contributed by atoms with Crippen LogP contribution >= 0.6 is 23.2 Å². The lowest BCUT2D eigenvalue weighted by Crippen LogP contribution is -2.50. The molecule has 0 unspecified atom stereocenters. The fourth-order valence-electron chi connectivity index (χ4n) is 5.99. The number of hydrogen-bond acceptors (Lipinski definition) is 5. The third-order valence-corrected chi connectivity index (χ3v) is 8.73. The first-order chi connectivity index (χ1) is 19.6. The van der Waals surface area contributed by atoms with E-state index in [9.17, 15) is 14.4 Å². The zero-order chi connectivity index (χ0) is 29.5. The highest BCUT2D eigenvalue weighted by Crippen LogP contribution is 2.52. The summed E-state index contributed by atoms with van der Waals surface area (Å²) in [7, 11) is 1.39. The zero-order valence-electron chi connectivity index (χ0n) is 23.0. The molecule has 1 amide bonds. The predicted octanol–water partition coefficient (Wildman–Crippen LogP) is 7.01. The van der Waals surface area contributed by atoms with Crippen LogP contribution in [-0.2, 0) is 20.0 Å². The van der Waals surface area contributed by atoms with E-state index in [0.717, 1.165) is 0 Å². The highest BCUT2D eigenvalue weighted by atomic mass is 35.5. The van der Waals surface area contributed by atoms with E-state index in [0.29, 0.717) is 47.2 Å². The topological polar surface area (TPSA) is 72.9 Å². The number of amides is 1. The molecular weight excluding hydrogens is 568 g/mol. The summed E-state index contributed by atoms with van der Waals surface area (Å²) in [6.45, 7) is 4.07. The fourth-order valence-corrected chi connectivity index (χ4v) is 6.25. The molecule has 1 saturated heterocycles. The van der Waals surface area contributed by atoms with Gasteiger partial charge in [0.2, 0.25) is 0 Å². The quantitative estimate of drug-likeness (QED) is 0.261. The highest BCUT2D eigenvalue weighted by Gasteiger charge is 2.57. The van der Waals surface area contributed by atoms with E-state index >= 15 is 4.39 Å². The molecule has 0 bridgehead atoms. The summed E-state index contributed by atoms with van der Waals surface area (Å²) in [6, 6.07) is 15.2. The van der Waals surface area contributed by atoms with Gasteiger partial charge in [0.15, 0.2) is 11.5 Å². The Hall–Kier alpha value is -3.10. The van der Waals surface area contributed by atoms with Crippen molar-refractivity contribution in [3.8, 4) is 0 Å². The average Bonchev–Trinajstić information content (AvgIpc) is 3.23. The van der Waals surface area contributed by atoms with Crippen molar-refractivity contribution < 1.29 is 28.2 Å². The molecular formula is C32H30Cl2FNO5. The van der Waals surface area contributed by atoms with Crippen LogP contribution in [0.15, 0.2) is 60.7 Å². The van der Waals surface area contributed by atoms with Gasteiger partial charge in [-0.1, -0.05) is 54.4 Å². The predicted molar refractivity (Wildman–Crippen MR) is 154 cm³/mol. The van der Waals surface area contributed by atoms with Gasteiger partial charge in [0.1, 0.15) is 11.6 Å². The first kappa shape index (κ1) is 29.4. The van der Waals surface area contributed by atoms with Gasteiger partial charge in [-0.25, -0.2) is 4.39 Å². The number of methoxy groups -OCH3 is 1. The van der Waals surface area contributed by atoms with E-state index in [1.54, 1.807) is 55.5 Å². The van der Waals surface area contributed by atoms with Crippen LogP contribution in [-0.4, -0.2) is 42.7 Å². The van der Waals surface area contributed by atoms with E-state index in [-0.39, 0.29) is 34.2 Å². The first-order valence-corrected chi connectivity index (χ1v) is 14.2. The summed E-state index contributed by atoms with van der Waals surface area (Å²) >= 11 is 12.4. The van der Waals surface area contributed by atoms with Crippen LogP contribution in [0.4, 0.5) is 4.39 Å². The Morgan fingerprint density at radius 3 is 2.17 bits per heavy atom. The minimum absolute atomic E-state index is 0.00641. The number of fused-ring (bicyclic) bond motifs is 1. The molecule has 3 atom stereocenters. The van der Waals surface area contributed by atoms with E-state index in [1.807, 2.05) is 0 Å². The lowest BCUT2D eigenvalue weighted by Gasteiger charge is -2.44. The van der Waals surface area contributed by atoms with E-state index in [2.05, 4.69) is 0 Å². The number of nitrogens with zero attached hydrogens (tertiary/aromatic N) is 1. The maximum atomic E-state index is 16.4. The van der Waals surface area contributed by atoms with Gasteiger partial charge in [0, 0.05) is 53.3 Å². The van der Waals surface area contributed by atoms with Gasteiger partial charge in [-0.15, -0.1) is 0 Å². The van der Waals surface area contributed by atoms with E-state index in [4.69, 9.17) is 32.7 Å². The number of ether oxygens (including phenoxy) is 2. The van der Waals surface area contributed by atoms with Gasteiger partial charge in [0.05, 0.1) is 17.2 Å². The van der Waals surface area contributed by atoms with E-state index < -0.39 is 29.4 Å². The zero-order valence-corrected chi connectivity index (χ0v) is 24.5. The second-order valence-electron chi connectivity index (χ2n) is 10.6. The van der Waals surface area contributed by atoms with Crippen molar-refractivity contribution in [1.29, 1.82) is 0 Å². The van der Waals surface area contributed by atoms with E-state index in [1.165, 1.54) is 31.1 Å². The SMILES string of the molecule is CO[C@]1(c2ccc(Cl)cc2)c2c(F)cc(C(=O)C3CCOCC3)cc2C(=O)N1[C@H](c1ccc(Cl)cc1)[C@H](C)C(C)=O. The molecule has 0 aromatic heterocycles. The number of carbonyl (C=O) groups is 3. The van der Waals surface area contributed by atoms with Crippen LogP contribution in [0.2, 0.25) is 10.0 Å². The van der Waals surface area contributed by atoms with Gasteiger partial charge in [-0.3, -0.25) is 19.3 Å². The molecule has 214 valence electrons. The molecule has 2 aliphatic heterocycles. The molecule has 1 fully saturated rings. The number of Topliss-reactive ketones (excluding diaryl/α,β-unsaturated/α-hetero) is 2. The second-order valence-corrected chi connectivity index (χ2v) is 11.4. The molecule has 9 heteroatoms. The van der Waals surface area contributed by atoms with Crippen molar-refractivity contribution in [2.24, 2.45) is 11.8 Å². The van der Waals surface area contributed by atoms with Crippen molar-refractivity contribution in [3.05, 3.63) is 104 Å². The Morgan fingerprint density at radius 1 is 1.02 bits per heavy atom. The standard InChI is InChI=1S/C32H30Cl2FNO5/c1-18(19(2)37)29(20-4-8-24(33)9-5-20)36-31(39)26-16-22(30(38)21-12-14-41-15-13-21)17-27(35)28(26)32(36,40-3)23-6-10-25(34)11-7-23/h4-11,16-18,21,29H,12-15H2,1-3H3/t18-,29+,32-/m1/s1. The molecule has 3 aromatic rings. The van der Waals surface area contributed by atoms with Crippen molar-refractivity contribution in [3.63, 3.8) is 0 Å². The van der Waals surface area contributed by atoms with Crippen molar-refractivity contribution >= 4 is 40.7 Å². The third-order valence-electron chi connectivity index (χ3n) is 8.23. The van der Waals surface area contributed by atoms with Crippen molar-refractivity contribution in [2.45, 2.75) is 38.5 Å². The lowest BCUT2D eigenvalue weighted by molar-refractivity contribution is -0.131. The number of carbonyl (C=O) groups excluding carboxylic acids is 3. The lowest BCUT2D eigenvalue weighted by atomic mass is 9.85. The molecule has 0 spiro atoms. The number of halogens is 3. The minimum atomic E-state index is -1.77. The Balaban J connectivity index is 1.76. The molecule has 41 heavy (non-hydrogen) atoms. The monoisotopic (exact) mass is 597 g/mol.